The molecular weight excluding hydrogens is 193 g/mol. The van der Waals surface area contributed by atoms with Crippen LogP contribution in [0.5, 0.6) is 5.75 Å². The number of halogens is 1. The highest BCUT2D eigenvalue weighted by molar-refractivity contribution is 5.23. The van der Waals surface area contributed by atoms with E-state index in [9.17, 15) is 4.39 Å². The van der Waals surface area contributed by atoms with Crippen molar-refractivity contribution in [3.63, 3.8) is 0 Å². The monoisotopic (exact) mass is 209 g/mol. The van der Waals surface area contributed by atoms with Crippen molar-refractivity contribution >= 4 is 0 Å². The van der Waals surface area contributed by atoms with Gasteiger partial charge >= 0.3 is 0 Å². The van der Waals surface area contributed by atoms with E-state index < -0.39 is 0 Å². The minimum absolute atomic E-state index is 0.276. The van der Waals surface area contributed by atoms with Crippen LogP contribution in [-0.4, -0.2) is 19.7 Å². The lowest BCUT2D eigenvalue weighted by Crippen LogP contribution is -2.11. The van der Waals surface area contributed by atoms with Crippen molar-refractivity contribution in [3.05, 3.63) is 30.1 Å². The Labute approximate surface area is 89.4 Å². The van der Waals surface area contributed by atoms with Gasteiger partial charge in [0.2, 0.25) is 0 Å². The van der Waals surface area contributed by atoms with E-state index in [0.29, 0.717) is 18.3 Å². The van der Waals surface area contributed by atoms with Gasteiger partial charge in [-0.05, 0) is 44.0 Å². The fourth-order valence-corrected chi connectivity index (χ4v) is 1.86. The molecule has 0 radical (unpaired) electrons. The van der Waals surface area contributed by atoms with Gasteiger partial charge in [0.25, 0.3) is 0 Å². The molecular formula is C12H16FNO. The molecule has 1 aliphatic rings. The Morgan fingerprint density at radius 2 is 2.27 bits per heavy atom. The van der Waals surface area contributed by atoms with Gasteiger partial charge in [0.05, 0.1) is 6.61 Å². The van der Waals surface area contributed by atoms with Crippen LogP contribution in [0.3, 0.4) is 0 Å². The van der Waals surface area contributed by atoms with Crippen LogP contribution in [0.25, 0.3) is 0 Å². The molecule has 0 aromatic heterocycles. The topological polar surface area (TPSA) is 21.3 Å². The van der Waals surface area contributed by atoms with Gasteiger partial charge in [0.1, 0.15) is 0 Å². The normalized spacial score (nSPS) is 20.5. The van der Waals surface area contributed by atoms with Gasteiger partial charge in [0.15, 0.2) is 11.6 Å². The molecule has 15 heavy (non-hydrogen) atoms. The summed E-state index contributed by atoms with van der Waals surface area (Å²) < 4.78 is 18.5. The van der Waals surface area contributed by atoms with Crippen LogP contribution in [0.4, 0.5) is 4.39 Å². The van der Waals surface area contributed by atoms with E-state index in [1.165, 1.54) is 12.5 Å². The third-order valence-corrected chi connectivity index (χ3v) is 2.78. The summed E-state index contributed by atoms with van der Waals surface area (Å²) >= 11 is 0. The predicted molar refractivity (Wildman–Crippen MR) is 57.5 cm³/mol. The highest BCUT2D eigenvalue weighted by atomic mass is 19.1. The summed E-state index contributed by atoms with van der Waals surface area (Å²) in [7, 11) is 0. The SMILES string of the molecule is Fc1ccccc1OCC[C@H]1CCNC1. The van der Waals surface area contributed by atoms with E-state index in [-0.39, 0.29) is 5.82 Å². The van der Waals surface area contributed by atoms with Crippen LogP contribution in [0, 0.1) is 11.7 Å². The fourth-order valence-electron chi connectivity index (χ4n) is 1.86. The van der Waals surface area contributed by atoms with Crippen molar-refractivity contribution in [2.75, 3.05) is 19.7 Å². The zero-order chi connectivity index (χ0) is 10.5. The Kier molecular flexibility index (Phi) is 3.56. The molecule has 2 nitrogen and oxygen atoms in total. The van der Waals surface area contributed by atoms with Crippen LogP contribution < -0.4 is 10.1 Å². The van der Waals surface area contributed by atoms with E-state index >= 15 is 0 Å². The summed E-state index contributed by atoms with van der Waals surface area (Å²) in [6.07, 6.45) is 2.21. The van der Waals surface area contributed by atoms with Gasteiger partial charge in [-0.1, -0.05) is 12.1 Å². The molecule has 1 saturated heterocycles. The van der Waals surface area contributed by atoms with Crippen LogP contribution >= 0.6 is 0 Å². The van der Waals surface area contributed by atoms with E-state index in [1.807, 2.05) is 0 Å². The maximum atomic E-state index is 13.2. The molecule has 1 fully saturated rings. The molecule has 2 rings (SSSR count). The van der Waals surface area contributed by atoms with E-state index in [0.717, 1.165) is 19.5 Å². The fraction of sp³-hybridized carbons (Fsp3) is 0.500. The molecule has 1 atom stereocenters. The predicted octanol–water partition coefficient (Wildman–Crippen LogP) is 2.20. The quantitative estimate of drug-likeness (QED) is 0.820. The van der Waals surface area contributed by atoms with Crippen LogP contribution in [-0.2, 0) is 0 Å². The minimum Gasteiger partial charge on any atom is -0.491 e. The summed E-state index contributed by atoms with van der Waals surface area (Å²) in [5.74, 6) is 0.780. The smallest absolute Gasteiger partial charge is 0.165 e. The number of hydrogen-bond donors (Lipinski definition) is 1. The Balaban J connectivity index is 1.75. The minimum atomic E-state index is -0.276. The lowest BCUT2D eigenvalue weighted by molar-refractivity contribution is 0.271. The van der Waals surface area contributed by atoms with Gasteiger partial charge in [-0.2, -0.15) is 0 Å². The van der Waals surface area contributed by atoms with Crippen molar-refractivity contribution in [3.8, 4) is 5.75 Å². The highest BCUT2D eigenvalue weighted by Gasteiger charge is 2.14. The van der Waals surface area contributed by atoms with Gasteiger partial charge in [-0.25, -0.2) is 4.39 Å². The third-order valence-electron chi connectivity index (χ3n) is 2.78. The lowest BCUT2D eigenvalue weighted by atomic mass is 10.1. The standard InChI is InChI=1S/C12H16FNO/c13-11-3-1-2-4-12(11)15-8-6-10-5-7-14-9-10/h1-4,10,14H,5-9H2/t10-/m1/s1. The first kappa shape index (κ1) is 10.4. The molecule has 1 aromatic carbocycles. The second-order valence-electron chi connectivity index (χ2n) is 3.93. The number of hydrogen-bond acceptors (Lipinski definition) is 2. The van der Waals surface area contributed by atoms with Crippen molar-refractivity contribution in [2.45, 2.75) is 12.8 Å². The number of rotatable bonds is 4. The summed E-state index contributed by atoms with van der Waals surface area (Å²) in [6, 6.07) is 6.55. The van der Waals surface area contributed by atoms with E-state index in [1.54, 1.807) is 18.2 Å². The molecule has 1 heterocycles. The van der Waals surface area contributed by atoms with Gasteiger partial charge < -0.3 is 10.1 Å². The summed E-state index contributed by atoms with van der Waals surface area (Å²) in [6.45, 7) is 2.78. The van der Waals surface area contributed by atoms with Gasteiger partial charge in [-0.15, -0.1) is 0 Å². The average molecular weight is 209 g/mol. The Morgan fingerprint density at radius 1 is 1.40 bits per heavy atom. The molecule has 0 amide bonds. The van der Waals surface area contributed by atoms with Crippen LogP contribution in [0.2, 0.25) is 0 Å². The second kappa shape index (κ2) is 5.12. The summed E-state index contributed by atoms with van der Waals surface area (Å²) in [4.78, 5) is 0. The number of para-hydroxylation sites is 1. The number of nitrogens with one attached hydrogen (secondary N) is 1. The van der Waals surface area contributed by atoms with Crippen LogP contribution in [0.15, 0.2) is 24.3 Å². The average Bonchev–Trinajstić information content (AvgIpc) is 2.74. The molecule has 1 aromatic rings. The maximum Gasteiger partial charge on any atom is 0.165 e. The van der Waals surface area contributed by atoms with E-state index in [2.05, 4.69) is 5.32 Å². The van der Waals surface area contributed by atoms with Crippen molar-refractivity contribution in [2.24, 2.45) is 5.92 Å². The molecule has 0 spiro atoms. The Hall–Kier alpha value is -1.09. The molecule has 3 heteroatoms. The molecule has 82 valence electrons. The van der Waals surface area contributed by atoms with Gasteiger partial charge in [0, 0.05) is 0 Å². The number of benzene rings is 1. The second-order valence-corrected chi connectivity index (χ2v) is 3.93. The Bertz CT molecular complexity index is 310. The first-order valence-electron chi connectivity index (χ1n) is 5.44. The summed E-state index contributed by atoms with van der Waals surface area (Å²) in [5.41, 5.74) is 0. The third kappa shape index (κ3) is 2.93. The van der Waals surface area contributed by atoms with Crippen molar-refractivity contribution in [1.29, 1.82) is 0 Å². The van der Waals surface area contributed by atoms with Crippen LogP contribution in [0.1, 0.15) is 12.8 Å². The molecule has 1 aliphatic heterocycles. The van der Waals surface area contributed by atoms with Crippen molar-refractivity contribution < 1.29 is 9.13 Å². The zero-order valence-electron chi connectivity index (χ0n) is 8.71. The molecule has 0 bridgehead atoms. The highest BCUT2D eigenvalue weighted by Crippen LogP contribution is 2.17. The largest absolute Gasteiger partial charge is 0.491 e. The van der Waals surface area contributed by atoms with Gasteiger partial charge in [-0.3, -0.25) is 0 Å². The number of ether oxygens (including phenoxy) is 1. The Morgan fingerprint density at radius 3 is 3.00 bits per heavy atom. The maximum absolute atomic E-state index is 13.2. The first-order valence-corrected chi connectivity index (χ1v) is 5.44. The lowest BCUT2D eigenvalue weighted by Gasteiger charge is -2.10. The zero-order valence-corrected chi connectivity index (χ0v) is 8.71. The summed E-state index contributed by atoms with van der Waals surface area (Å²) in [5, 5.41) is 3.30. The molecule has 0 aliphatic carbocycles. The van der Waals surface area contributed by atoms with Crippen molar-refractivity contribution in [1.82, 2.24) is 5.32 Å². The molecule has 0 saturated carbocycles. The van der Waals surface area contributed by atoms with E-state index in [4.69, 9.17) is 4.74 Å². The molecule has 1 N–H and O–H groups in total. The first-order chi connectivity index (χ1) is 7.36. The molecule has 0 unspecified atom stereocenters.